The largest absolute Gasteiger partial charge is 0.385 e. The second-order valence-corrected chi connectivity index (χ2v) is 5.36. The van der Waals surface area contributed by atoms with Crippen molar-refractivity contribution in [3.63, 3.8) is 0 Å². The van der Waals surface area contributed by atoms with Crippen LogP contribution in [0, 0.1) is 5.92 Å². The van der Waals surface area contributed by atoms with Crippen LogP contribution in [0.5, 0.6) is 0 Å². The van der Waals surface area contributed by atoms with Crippen molar-refractivity contribution >= 4 is 11.8 Å². The van der Waals surface area contributed by atoms with Crippen molar-refractivity contribution in [1.29, 1.82) is 0 Å². The molecule has 0 spiro atoms. The zero-order chi connectivity index (χ0) is 11.6. The van der Waals surface area contributed by atoms with Gasteiger partial charge < -0.3 is 14.8 Å². The predicted molar refractivity (Wildman–Crippen MR) is 70.2 cm³/mol. The van der Waals surface area contributed by atoms with E-state index >= 15 is 0 Å². The molecule has 16 heavy (non-hydrogen) atoms. The molecule has 1 aliphatic heterocycles. The van der Waals surface area contributed by atoms with E-state index in [-0.39, 0.29) is 0 Å². The number of thioether (sulfide) groups is 1. The summed E-state index contributed by atoms with van der Waals surface area (Å²) < 4.78 is 10.5. The van der Waals surface area contributed by atoms with Gasteiger partial charge in [0.05, 0.1) is 6.61 Å². The molecule has 0 aromatic carbocycles. The molecule has 0 aliphatic carbocycles. The van der Waals surface area contributed by atoms with Gasteiger partial charge in [0.2, 0.25) is 0 Å². The van der Waals surface area contributed by atoms with Crippen molar-refractivity contribution in [1.82, 2.24) is 5.32 Å². The molecule has 0 bridgehead atoms. The Morgan fingerprint density at radius 1 is 1.56 bits per heavy atom. The summed E-state index contributed by atoms with van der Waals surface area (Å²) in [4.78, 5) is 0. The summed E-state index contributed by atoms with van der Waals surface area (Å²) in [7, 11) is 1.77. The maximum absolute atomic E-state index is 5.46. The maximum atomic E-state index is 5.46. The minimum Gasteiger partial charge on any atom is -0.385 e. The fraction of sp³-hybridized carbons (Fsp3) is 1.00. The lowest BCUT2D eigenvalue weighted by Gasteiger charge is -2.22. The summed E-state index contributed by atoms with van der Waals surface area (Å²) in [6, 6.07) is 0.625. The molecule has 96 valence electrons. The molecule has 3 nitrogen and oxygen atoms in total. The fourth-order valence-electron chi connectivity index (χ4n) is 2.01. The van der Waals surface area contributed by atoms with Gasteiger partial charge in [0.25, 0.3) is 0 Å². The van der Waals surface area contributed by atoms with Gasteiger partial charge in [0.15, 0.2) is 0 Å². The molecule has 2 atom stereocenters. The highest BCUT2D eigenvalue weighted by Crippen LogP contribution is 2.20. The van der Waals surface area contributed by atoms with Gasteiger partial charge >= 0.3 is 0 Å². The number of hydrogen-bond donors (Lipinski definition) is 1. The van der Waals surface area contributed by atoms with Crippen molar-refractivity contribution < 1.29 is 9.47 Å². The lowest BCUT2D eigenvalue weighted by molar-refractivity contribution is 0.179. The van der Waals surface area contributed by atoms with Crippen LogP contribution in [0.4, 0.5) is 0 Å². The molecule has 1 fully saturated rings. The van der Waals surface area contributed by atoms with E-state index in [0.717, 1.165) is 38.7 Å². The van der Waals surface area contributed by atoms with E-state index in [1.54, 1.807) is 7.11 Å². The van der Waals surface area contributed by atoms with Gasteiger partial charge in [-0.3, -0.25) is 0 Å². The molecule has 2 unspecified atom stereocenters. The minimum absolute atomic E-state index is 0.625. The SMILES string of the molecule is CCNC(CSCCCOC)C1CCOC1. The smallest absolute Gasteiger partial charge is 0.0510 e. The monoisotopic (exact) mass is 247 g/mol. The molecule has 1 aliphatic rings. The number of methoxy groups -OCH3 is 1. The van der Waals surface area contributed by atoms with E-state index in [1.165, 1.54) is 17.9 Å². The van der Waals surface area contributed by atoms with Gasteiger partial charge in [-0.05, 0) is 25.1 Å². The van der Waals surface area contributed by atoms with E-state index < -0.39 is 0 Å². The standard InChI is InChI=1S/C12H25NO2S/c1-3-13-12(11-5-7-15-9-11)10-16-8-4-6-14-2/h11-13H,3-10H2,1-2H3. The molecular weight excluding hydrogens is 222 g/mol. The average molecular weight is 247 g/mol. The van der Waals surface area contributed by atoms with Gasteiger partial charge in [-0.25, -0.2) is 0 Å². The Labute approximate surface area is 104 Å². The first-order valence-electron chi connectivity index (χ1n) is 6.26. The zero-order valence-electron chi connectivity index (χ0n) is 10.5. The summed E-state index contributed by atoms with van der Waals surface area (Å²) in [5.74, 6) is 3.12. The van der Waals surface area contributed by atoms with E-state index in [4.69, 9.17) is 9.47 Å². The summed E-state index contributed by atoms with van der Waals surface area (Å²) in [6.07, 6.45) is 2.37. The van der Waals surface area contributed by atoms with E-state index in [0.29, 0.717) is 6.04 Å². The van der Waals surface area contributed by atoms with Crippen molar-refractivity contribution in [3.05, 3.63) is 0 Å². The van der Waals surface area contributed by atoms with Crippen LogP contribution in [0.25, 0.3) is 0 Å². The van der Waals surface area contributed by atoms with Crippen molar-refractivity contribution in [3.8, 4) is 0 Å². The number of ether oxygens (including phenoxy) is 2. The topological polar surface area (TPSA) is 30.5 Å². The molecule has 0 aromatic heterocycles. The average Bonchev–Trinajstić information content (AvgIpc) is 2.81. The molecule has 0 radical (unpaired) electrons. The van der Waals surface area contributed by atoms with E-state index in [1.807, 2.05) is 11.8 Å². The third-order valence-corrected chi connectivity index (χ3v) is 4.11. The highest BCUT2D eigenvalue weighted by atomic mass is 32.2. The van der Waals surface area contributed by atoms with Crippen LogP contribution in [0.2, 0.25) is 0 Å². The number of nitrogens with one attached hydrogen (secondary N) is 1. The zero-order valence-corrected chi connectivity index (χ0v) is 11.4. The summed E-state index contributed by atoms with van der Waals surface area (Å²) in [6.45, 7) is 6.00. The lowest BCUT2D eigenvalue weighted by Crippen LogP contribution is -2.38. The van der Waals surface area contributed by atoms with Crippen molar-refractivity contribution in [2.45, 2.75) is 25.8 Å². The maximum Gasteiger partial charge on any atom is 0.0510 e. The van der Waals surface area contributed by atoms with E-state index in [2.05, 4.69) is 12.2 Å². The summed E-state index contributed by atoms with van der Waals surface area (Å²) in [5, 5.41) is 3.58. The Balaban J connectivity index is 2.12. The van der Waals surface area contributed by atoms with Crippen LogP contribution >= 0.6 is 11.8 Å². The normalized spacial score (nSPS) is 22.5. The Morgan fingerprint density at radius 3 is 3.06 bits per heavy atom. The highest BCUT2D eigenvalue weighted by molar-refractivity contribution is 7.99. The third kappa shape index (κ3) is 5.53. The van der Waals surface area contributed by atoms with Crippen molar-refractivity contribution in [2.24, 2.45) is 5.92 Å². The van der Waals surface area contributed by atoms with Gasteiger partial charge in [-0.2, -0.15) is 11.8 Å². The van der Waals surface area contributed by atoms with Gasteiger partial charge in [0.1, 0.15) is 0 Å². The molecule has 1 saturated heterocycles. The third-order valence-electron chi connectivity index (χ3n) is 2.93. The van der Waals surface area contributed by atoms with Crippen LogP contribution in [-0.4, -0.2) is 51.0 Å². The Bertz CT molecular complexity index is 163. The van der Waals surface area contributed by atoms with Gasteiger partial charge in [-0.15, -0.1) is 0 Å². The second kappa shape index (κ2) is 9.28. The van der Waals surface area contributed by atoms with E-state index in [9.17, 15) is 0 Å². The molecule has 1 rings (SSSR count). The molecule has 0 aromatic rings. The highest BCUT2D eigenvalue weighted by Gasteiger charge is 2.24. The first kappa shape index (κ1) is 14.3. The molecule has 4 heteroatoms. The number of rotatable bonds is 9. The predicted octanol–water partition coefficient (Wildman–Crippen LogP) is 1.77. The Morgan fingerprint density at radius 2 is 2.44 bits per heavy atom. The second-order valence-electron chi connectivity index (χ2n) is 4.21. The molecular formula is C12H25NO2S. The fourth-order valence-corrected chi connectivity index (χ4v) is 3.14. The Kier molecular flexibility index (Phi) is 8.29. The minimum atomic E-state index is 0.625. The van der Waals surface area contributed by atoms with Gasteiger partial charge in [-0.1, -0.05) is 6.92 Å². The van der Waals surface area contributed by atoms with Crippen LogP contribution < -0.4 is 5.32 Å². The van der Waals surface area contributed by atoms with Crippen molar-refractivity contribution in [2.75, 3.05) is 45.0 Å². The first-order chi connectivity index (χ1) is 7.88. The number of hydrogen-bond acceptors (Lipinski definition) is 4. The van der Waals surface area contributed by atoms with Crippen LogP contribution in [0.3, 0.4) is 0 Å². The molecule has 0 amide bonds. The van der Waals surface area contributed by atoms with Crippen LogP contribution in [-0.2, 0) is 9.47 Å². The lowest BCUT2D eigenvalue weighted by atomic mass is 10.0. The molecule has 1 N–H and O–H groups in total. The summed E-state index contributed by atoms with van der Waals surface area (Å²) in [5.41, 5.74) is 0. The quantitative estimate of drug-likeness (QED) is 0.629. The molecule has 1 heterocycles. The van der Waals surface area contributed by atoms with Gasteiger partial charge in [0, 0.05) is 38.0 Å². The summed E-state index contributed by atoms with van der Waals surface area (Å²) >= 11 is 2.03. The molecule has 0 saturated carbocycles. The first-order valence-corrected chi connectivity index (χ1v) is 7.41. The van der Waals surface area contributed by atoms with Crippen LogP contribution in [0.15, 0.2) is 0 Å². The Hall–Kier alpha value is 0.230. The van der Waals surface area contributed by atoms with Crippen LogP contribution in [0.1, 0.15) is 19.8 Å².